The zero-order chi connectivity index (χ0) is 12.4. The fourth-order valence-corrected chi connectivity index (χ4v) is 2.73. The van der Waals surface area contributed by atoms with Crippen LogP contribution in [0, 0.1) is 6.92 Å². The van der Waals surface area contributed by atoms with Gasteiger partial charge in [-0.15, -0.1) is 24.0 Å². The molecule has 2 aromatic rings. The molecule has 2 rings (SSSR count). The number of hydrogen-bond acceptors (Lipinski definition) is 3. The second-order valence-corrected chi connectivity index (χ2v) is 5.87. The molecule has 0 spiro atoms. The highest BCUT2D eigenvalue weighted by molar-refractivity contribution is 9.10. The third-order valence-electron chi connectivity index (χ3n) is 2.24. The number of halogens is 1. The van der Waals surface area contributed by atoms with E-state index in [1.807, 2.05) is 30.5 Å². The summed E-state index contributed by atoms with van der Waals surface area (Å²) in [6.07, 6.45) is 0. The van der Waals surface area contributed by atoms with E-state index in [1.54, 1.807) is 6.07 Å². The van der Waals surface area contributed by atoms with Gasteiger partial charge in [0, 0.05) is 20.4 Å². The third kappa shape index (κ3) is 3.12. The van der Waals surface area contributed by atoms with Gasteiger partial charge in [-0.1, -0.05) is 22.0 Å². The maximum Gasteiger partial charge on any atom is 0.265 e. The predicted octanol–water partition coefficient (Wildman–Crippen LogP) is 4.36. The number of thiophene rings is 1. The van der Waals surface area contributed by atoms with Crippen LogP contribution in [0.15, 0.2) is 39.0 Å². The van der Waals surface area contributed by atoms with Crippen LogP contribution in [-0.2, 0) is 0 Å². The molecule has 0 saturated carbocycles. The second-order valence-electron chi connectivity index (χ2n) is 3.59. The predicted molar refractivity (Wildman–Crippen MR) is 78.4 cm³/mol. The molecule has 0 saturated heterocycles. The molecule has 0 fully saturated rings. The molecule has 88 valence electrons. The summed E-state index contributed by atoms with van der Waals surface area (Å²) in [4.78, 5) is 13.3. The monoisotopic (exact) mass is 327 g/mol. The van der Waals surface area contributed by atoms with Crippen LogP contribution in [0.2, 0.25) is 0 Å². The summed E-state index contributed by atoms with van der Waals surface area (Å²) in [6, 6.07) is 7.49. The molecule has 2 nitrogen and oxygen atoms in total. The average Bonchev–Trinajstić information content (AvgIpc) is 2.70. The van der Waals surface area contributed by atoms with Crippen molar-refractivity contribution in [1.82, 2.24) is 0 Å². The Hall–Kier alpha value is -0.780. The van der Waals surface area contributed by atoms with Crippen LogP contribution in [-0.4, -0.2) is 5.91 Å². The van der Waals surface area contributed by atoms with Gasteiger partial charge in [0.15, 0.2) is 0 Å². The Morgan fingerprint density at radius 1 is 1.41 bits per heavy atom. The lowest BCUT2D eigenvalue weighted by molar-refractivity contribution is 0.103. The molecular formula is C12H10BrNOS2. The topological polar surface area (TPSA) is 29.1 Å². The van der Waals surface area contributed by atoms with Crippen LogP contribution in [0.25, 0.3) is 0 Å². The van der Waals surface area contributed by atoms with Gasteiger partial charge in [-0.2, -0.15) is 0 Å². The second kappa shape index (κ2) is 5.25. The number of anilines is 1. The number of carbonyl (C=O) groups excluding carboxylic acids is 1. The third-order valence-corrected chi connectivity index (χ3v) is 4.46. The highest BCUT2D eigenvalue weighted by atomic mass is 79.9. The van der Waals surface area contributed by atoms with Gasteiger partial charge in [-0.05, 0) is 30.7 Å². The number of rotatable bonds is 2. The number of aryl methyl sites for hydroxylation is 1. The van der Waals surface area contributed by atoms with Crippen LogP contribution in [0.4, 0.5) is 5.69 Å². The molecular weight excluding hydrogens is 318 g/mol. The number of carbonyl (C=O) groups is 1. The van der Waals surface area contributed by atoms with Crippen molar-refractivity contribution >= 4 is 51.5 Å². The SMILES string of the molecule is Cc1ccc(NC(=O)c2cc(S)cs2)cc1Br. The van der Waals surface area contributed by atoms with Crippen molar-refractivity contribution in [1.29, 1.82) is 0 Å². The van der Waals surface area contributed by atoms with Crippen LogP contribution < -0.4 is 5.32 Å². The standard InChI is InChI=1S/C12H10BrNOS2/c1-7-2-3-8(4-10(7)13)14-12(15)11-5-9(16)6-17-11/h2-6,16H,1H3,(H,14,15). The van der Waals surface area contributed by atoms with E-state index in [-0.39, 0.29) is 5.91 Å². The minimum atomic E-state index is -0.106. The minimum absolute atomic E-state index is 0.106. The normalized spacial score (nSPS) is 10.3. The molecule has 5 heteroatoms. The van der Waals surface area contributed by atoms with E-state index < -0.39 is 0 Å². The first-order valence-corrected chi connectivity index (χ1v) is 7.03. The zero-order valence-electron chi connectivity index (χ0n) is 9.03. The lowest BCUT2D eigenvalue weighted by Crippen LogP contribution is -2.10. The van der Waals surface area contributed by atoms with Crippen molar-refractivity contribution in [3.05, 3.63) is 44.6 Å². The number of hydrogen-bond donors (Lipinski definition) is 2. The van der Waals surface area contributed by atoms with Crippen LogP contribution >= 0.6 is 39.9 Å². The number of amides is 1. The number of thiol groups is 1. The van der Waals surface area contributed by atoms with Crippen molar-refractivity contribution in [2.24, 2.45) is 0 Å². The van der Waals surface area contributed by atoms with Crippen molar-refractivity contribution < 1.29 is 4.79 Å². The van der Waals surface area contributed by atoms with Gasteiger partial charge in [0.05, 0.1) is 4.88 Å². The van der Waals surface area contributed by atoms with E-state index >= 15 is 0 Å². The van der Waals surface area contributed by atoms with Crippen molar-refractivity contribution in [2.45, 2.75) is 11.8 Å². The molecule has 0 aliphatic carbocycles. The maximum atomic E-state index is 11.9. The maximum absolute atomic E-state index is 11.9. The molecule has 1 heterocycles. The minimum Gasteiger partial charge on any atom is -0.321 e. The summed E-state index contributed by atoms with van der Waals surface area (Å²) < 4.78 is 0.983. The van der Waals surface area contributed by atoms with E-state index in [1.165, 1.54) is 11.3 Å². The Bertz CT molecular complexity index is 565. The first kappa shape index (κ1) is 12.7. The summed E-state index contributed by atoms with van der Waals surface area (Å²) in [5.74, 6) is -0.106. The molecule has 0 unspecified atom stereocenters. The van der Waals surface area contributed by atoms with Crippen molar-refractivity contribution in [3.8, 4) is 0 Å². The highest BCUT2D eigenvalue weighted by Crippen LogP contribution is 2.23. The van der Waals surface area contributed by atoms with E-state index in [4.69, 9.17) is 0 Å². The van der Waals surface area contributed by atoms with Crippen molar-refractivity contribution in [2.75, 3.05) is 5.32 Å². The Labute approximate surface area is 118 Å². The van der Waals surface area contributed by atoms with E-state index in [9.17, 15) is 4.79 Å². The van der Waals surface area contributed by atoms with E-state index in [2.05, 4.69) is 33.9 Å². The Morgan fingerprint density at radius 3 is 2.76 bits per heavy atom. The molecule has 0 bridgehead atoms. The molecule has 17 heavy (non-hydrogen) atoms. The van der Waals surface area contributed by atoms with Gasteiger partial charge in [0.2, 0.25) is 0 Å². The van der Waals surface area contributed by atoms with E-state index in [0.29, 0.717) is 4.88 Å². The van der Waals surface area contributed by atoms with Gasteiger partial charge in [0.1, 0.15) is 0 Å². The van der Waals surface area contributed by atoms with Crippen LogP contribution in [0.3, 0.4) is 0 Å². The fourth-order valence-electron chi connectivity index (χ4n) is 1.31. The van der Waals surface area contributed by atoms with Crippen LogP contribution in [0.5, 0.6) is 0 Å². The molecule has 0 aliphatic heterocycles. The smallest absolute Gasteiger partial charge is 0.265 e. The highest BCUT2D eigenvalue weighted by Gasteiger charge is 2.08. The first-order valence-electron chi connectivity index (χ1n) is 4.91. The number of benzene rings is 1. The molecule has 1 aromatic heterocycles. The lowest BCUT2D eigenvalue weighted by atomic mass is 10.2. The molecule has 1 aromatic carbocycles. The van der Waals surface area contributed by atoms with Gasteiger partial charge >= 0.3 is 0 Å². The Kier molecular flexibility index (Phi) is 3.91. The summed E-state index contributed by atoms with van der Waals surface area (Å²) in [6.45, 7) is 2.00. The van der Waals surface area contributed by atoms with Gasteiger partial charge in [0.25, 0.3) is 5.91 Å². The fraction of sp³-hybridized carbons (Fsp3) is 0.0833. The van der Waals surface area contributed by atoms with Crippen molar-refractivity contribution in [3.63, 3.8) is 0 Å². The van der Waals surface area contributed by atoms with E-state index in [0.717, 1.165) is 20.6 Å². The summed E-state index contributed by atoms with van der Waals surface area (Å²) in [7, 11) is 0. The van der Waals surface area contributed by atoms with Gasteiger partial charge < -0.3 is 5.32 Å². The molecule has 0 aliphatic rings. The molecule has 1 N–H and O–H groups in total. The first-order chi connectivity index (χ1) is 8.06. The van der Waals surface area contributed by atoms with Gasteiger partial charge in [-0.3, -0.25) is 4.79 Å². The largest absolute Gasteiger partial charge is 0.321 e. The summed E-state index contributed by atoms with van der Waals surface area (Å²) in [5.41, 5.74) is 1.92. The summed E-state index contributed by atoms with van der Waals surface area (Å²) >= 11 is 9.00. The Balaban J connectivity index is 2.15. The van der Waals surface area contributed by atoms with Gasteiger partial charge in [-0.25, -0.2) is 0 Å². The molecule has 1 amide bonds. The quantitative estimate of drug-likeness (QED) is 0.788. The molecule has 0 radical (unpaired) electrons. The van der Waals surface area contributed by atoms with Crippen LogP contribution in [0.1, 0.15) is 15.2 Å². The summed E-state index contributed by atoms with van der Waals surface area (Å²) in [5, 5.41) is 4.68. The Morgan fingerprint density at radius 2 is 2.18 bits per heavy atom. The lowest BCUT2D eigenvalue weighted by Gasteiger charge is -2.05. The number of nitrogens with one attached hydrogen (secondary N) is 1. The zero-order valence-corrected chi connectivity index (χ0v) is 12.3. The molecule has 0 atom stereocenters. The average molecular weight is 328 g/mol.